The Kier molecular flexibility index (Phi) is 7.79. The number of carbonyl (C=O) groups excluding carboxylic acids is 2. The lowest BCUT2D eigenvalue weighted by Crippen LogP contribution is -2.49. The molecule has 14 heteroatoms. The number of nitrogens with zero attached hydrogens (tertiary/aromatic N) is 2. The van der Waals surface area contributed by atoms with E-state index in [2.05, 4.69) is 15.3 Å². The molecule has 0 saturated heterocycles. The Balaban J connectivity index is 1.93. The Labute approximate surface area is 201 Å². The number of fused-ring (bicyclic) bond motifs is 1. The van der Waals surface area contributed by atoms with E-state index in [1.165, 1.54) is 0 Å². The van der Waals surface area contributed by atoms with E-state index in [1.54, 1.807) is 29.7 Å². The lowest BCUT2D eigenvalue weighted by molar-refractivity contribution is -0.384. The van der Waals surface area contributed by atoms with Crippen molar-refractivity contribution < 1.29 is 24.5 Å². The highest BCUT2D eigenvalue weighted by atomic mass is 35.5. The molecule has 4 N–H and O–H groups in total. The Hall–Kier alpha value is -3.58. The first kappa shape index (κ1) is 25.1. The molecule has 2 aromatic carbocycles. The number of carbonyl (C=O) groups is 2. The number of hydrogen-bond donors (Lipinski definition) is 4. The van der Waals surface area contributed by atoms with Crippen LogP contribution in [0.25, 0.3) is 11.0 Å². The van der Waals surface area contributed by atoms with Gasteiger partial charge in [-0.15, -0.1) is 0 Å². The van der Waals surface area contributed by atoms with Crippen LogP contribution in [0.1, 0.15) is 5.69 Å². The van der Waals surface area contributed by atoms with Gasteiger partial charge in [0.1, 0.15) is 11.7 Å². The fourth-order valence-corrected chi connectivity index (χ4v) is 3.79. The highest BCUT2D eigenvalue weighted by Gasteiger charge is 2.36. The number of ether oxygens (including phenoxy) is 1. The molecule has 34 heavy (non-hydrogen) atoms. The minimum atomic E-state index is -1.64. The van der Waals surface area contributed by atoms with E-state index >= 15 is 0 Å². The van der Waals surface area contributed by atoms with Crippen LogP contribution in [-0.4, -0.2) is 45.1 Å². The van der Waals surface area contributed by atoms with E-state index in [9.17, 15) is 29.7 Å². The van der Waals surface area contributed by atoms with Crippen molar-refractivity contribution in [2.45, 2.75) is 12.5 Å². The number of nitro benzene ring substituents is 1. The van der Waals surface area contributed by atoms with Crippen molar-refractivity contribution in [2.24, 2.45) is 5.92 Å². The monoisotopic (exact) mass is 509 g/mol. The molecule has 0 spiro atoms. The third kappa shape index (κ3) is 5.31. The second-order valence-electron chi connectivity index (χ2n) is 7.00. The van der Waals surface area contributed by atoms with E-state index in [-0.39, 0.29) is 27.8 Å². The van der Waals surface area contributed by atoms with Crippen LogP contribution >= 0.6 is 23.2 Å². The maximum absolute atomic E-state index is 12.9. The Morgan fingerprint density at radius 2 is 1.91 bits per heavy atom. The standard InChI is InChI=1S/C20H17Cl2N5O7/c1-34-20(30)10(8-15-18(28)24-14-5-3-2-4-13(14)23-15)16(26-31)19(29)25-17-11(21)6-9(27(32)33)7-12(17)22/h2-7,10,16,26,31H,8H2,1H3,(H,24,28)(H,25,29)/t10-,16+/m0/s1. The third-order valence-corrected chi connectivity index (χ3v) is 5.49. The lowest BCUT2D eigenvalue weighted by Gasteiger charge is -2.23. The van der Waals surface area contributed by atoms with Crippen molar-refractivity contribution in [2.75, 3.05) is 12.4 Å². The maximum Gasteiger partial charge on any atom is 0.311 e. The summed E-state index contributed by atoms with van der Waals surface area (Å²) < 4.78 is 4.75. The maximum atomic E-state index is 12.9. The van der Waals surface area contributed by atoms with Crippen LogP contribution in [-0.2, 0) is 20.7 Å². The largest absolute Gasteiger partial charge is 0.469 e. The van der Waals surface area contributed by atoms with Gasteiger partial charge in [0, 0.05) is 18.6 Å². The number of aromatic amines is 1. The van der Waals surface area contributed by atoms with Crippen LogP contribution in [0.4, 0.5) is 11.4 Å². The summed E-state index contributed by atoms with van der Waals surface area (Å²) in [5.74, 6) is -3.30. The molecular weight excluding hydrogens is 493 g/mol. The Morgan fingerprint density at radius 1 is 1.26 bits per heavy atom. The zero-order valence-corrected chi connectivity index (χ0v) is 18.9. The minimum absolute atomic E-state index is 0.0754. The first-order chi connectivity index (χ1) is 16.2. The first-order valence-corrected chi connectivity index (χ1v) is 10.3. The average Bonchev–Trinajstić information content (AvgIpc) is 2.80. The van der Waals surface area contributed by atoms with E-state index < -0.39 is 40.0 Å². The van der Waals surface area contributed by atoms with Crippen molar-refractivity contribution in [3.05, 3.63) is 72.6 Å². The van der Waals surface area contributed by atoms with Gasteiger partial charge in [-0.1, -0.05) is 35.3 Å². The molecule has 0 aliphatic carbocycles. The summed E-state index contributed by atoms with van der Waals surface area (Å²) in [5, 5.41) is 22.5. The number of hydroxylamine groups is 1. The van der Waals surface area contributed by atoms with Gasteiger partial charge >= 0.3 is 5.97 Å². The number of non-ortho nitro benzene ring substituents is 1. The van der Waals surface area contributed by atoms with Crippen LogP contribution in [0.15, 0.2) is 41.2 Å². The number of aromatic nitrogens is 2. The number of nitrogens with one attached hydrogen (secondary N) is 3. The number of amides is 1. The molecule has 0 saturated carbocycles. The zero-order chi connectivity index (χ0) is 25.0. The topological polar surface area (TPSA) is 177 Å². The van der Waals surface area contributed by atoms with Crippen LogP contribution in [0.3, 0.4) is 0 Å². The lowest BCUT2D eigenvalue weighted by atomic mass is 9.94. The highest BCUT2D eigenvalue weighted by molar-refractivity contribution is 6.40. The minimum Gasteiger partial charge on any atom is -0.469 e. The number of hydrogen-bond acceptors (Lipinski definition) is 9. The van der Waals surface area contributed by atoms with Crippen molar-refractivity contribution >= 4 is 57.5 Å². The quantitative estimate of drug-likeness (QED) is 0.201. The molecule has 2 atom stereocenters. The van der Waals surface area contributed by atoms with E-state index in [0.29, 0.717) is 11.0 Å². The van der Waals surface area contributed by atoms with Gasteiger partial charge in [0.2, 0.25) is 5.91 Å². The van der Waals surface area contributed by atoms with E-state index in [0.717, 1.165) is 19.2 Å². The number of H-pyrrole nitrogens is 1. The summed E-state index contributed by atoms with van der Waals surface area (Å²) in [6.07, 6.45) is -0.375. The highest BCUT2D eigenvalue weighted by Crippen LogP contribution is 2.35. The zero-order valence-electron chi connectivity index (χ0n) is 17.4. The first-order valence-electron chi connectivity index (χ1n) is 9.56. The second-order valence-corrected chi connectivity index (χ2v) is 7.82. The van der Waals surface area contributed by atoms with Gasteiger partial charge in [-0.25, -0.2) is 4.98 Å². The van der Waals surface area contributed by atoms with Gasteiger partial charge in [-0.3, -0.25) is 24.5 Å². The summed E-state index contributed by atoms with van der Waals surface area (Å²) in [6.45, 7) is 0. The summed E-state index contributed by atoms with van der Waals surface area (Å²) in [7, 11) is 1.07. The number of halogens is 2. The molecule has 0 aliphatic heterocycles. The fraction of sp³-hybridized carbons (Fsp3) is 0.200. The van der Waals surface area contributed by atoms with E-state index in [4.69, 9.17) is 27.9 Å². The van der Waals surface area contributed by atoms with Crippen LogP contribution in [0.2, 0.25) is 10.0 Å². The molecule has 1 amide bonds. The number of anilines is 1. The van der Waals surface area contributed by atoms with Crippen molar-refractivity contribution in [3.8, 4) is 0 Å². The normalized spacial score (nSPS) is 12.7. The number of rotatable bonds is 8. The molecule has 1 heterocycles. The smallest absolute Gasteiger partial charge is 0.311 e. The van der Waals surface area contributed by atoms with Gasteiger partial charge in [-0.2, -0.15) is 5.48 Å². The summed E-state index contributed by atoms with van der Waals surface area (Å²) in [4.78, 5) is 55.0. The van der Waals surface area contributed by atoms with Gasteiger partial charge in [0.15, 0.2) is 0 Å². The second kappa shape index (κ2) is 10.6. The van der Waals surface area contributed by atoms with Crippen molar-refractivity contribution in [1.82, 2.24) is 15.4 Å². The third-order valence-electron chi connectivity index (χ3n) is 4.90. The molecule has 12 nitrogen and oxygen atoms in total. The molecule has 0 aliphatic rings. The van der Waals surface area contributed by atoms with Gasteiger partial charge in [-0.05, 0) is 12.1 Å². The predicted octanol–water partition coefficient (Wildman–Crippen LogP) is 2.46. The molecular formula is C20H17Cl2N5O7. The molecule has 0 bridgehead atoms. The van der Waals surface area contributed by atoms with Crippen LogP contribution in [0.5, 0.6) is 0 Å². The number of methoxy groups -OCH3 is 1. The average molecular weight is 510 g/mol. The van der Waals surface area contributed by atoms with Crippen molar-refractivity contribution in [3.63, 3.8) is 0 Å². The molecule has 1 aromatic heterocycles. The Morgan fingerprint density at radius 3 is 2.50 bits per heavy atom. The van der Waals surface area contributed by atoms with Crippen LogP contribution < -0.4 is 16.4 Å². The summed E-state index contributed by atoms with van der Waals surface area (Å²) in [6, 6.07) is 7.02. The molecule has 0 fully saturated rings. The number of nitro groups is 1. The summed E-state index contributed by atoms with van der Waals surface area (Å²) in [5.41, 5.74) is 1.41. The molecule has 0 unspecified atom stereocenters. The Bertz CT molecular complexity index is 1310. The number of para-hydroxylation sites is 2. The SMILES string of the molecule is COC(=O)[C@@H](Cc1nc2ccccc2[nH]c1=O)[C@@H](NO)C(=O)Nc1c(Cl)cc([N+](=O)[O-])cc1Cl. The summed E-state index contributed by atoms with van der Waals surface area (Å²) >= 11 is 12.0. The van der Waals surface area contributed by atoms with E-state index in [1.807, 2.05) is 0 Å². The molecule has 178 valence electrons. The number of benzene rings is 2. The van der Waals surface area contributed by atoms with Gasteiger partial charge in [0.05, 0.1) is 44.7 Å². The molecule has 0 radical (unpaired) electrons. The number of esters is 1. The van der Waals surface area contributed by atoms with Gasteiger partial charge in [0.25, 0.3) is 11.2 Å². The van der Waals surface area contributed by atoms with Crippen molar-refractivity contribution in [1.29, 1.82) is 0 Å². The molecule has 3 aromatic rings. The van der Waals surface area contributed by atoms with Gasteiger partial charge < -0.3 is 20.2 Å². The van der Waals surface area contributed by atoms with Crippen LogP contribution in [0, 0.1) is 16.0 Å². The molecule has 3 rings (SSSR count). The predicted molar refractivity (Wildman–Crippen MR) is 122 cm³/mol. The fourth-order valence-electron chi connectivity index (χ4n) is 3.22.